The summed E-state index contributed by atoms with van der Waals surface area (Å²) in [5.41, 5.74) is -0.0369. The van der Waals surface area contributed by atoms with E-state index in [0.29, 0.717) is 6.42 Å². The molecule has 5 heteroatoms. The minimum atomic E-state index is -4.57. The number of rotatable bonds is 1. The van der Waals surface area contributed by atoms with Crippen LogP contribution in [0.3, 0.4) is 0 Å². The van der Waals surface area contributed by atoms with Gasteiger partial charge in [0.15, 0.2) is 0 Å². The summed E-state index contributed by atoms with van der Waals surface area (Å²) in [6, 6.07) is 0. The predicted octanol–water partition coefficient (Wildman–Crippen LogP) is 1.20. The summed E-state index contributed by atoms with van der Waals surface area (Å²) in [5, 5.41) is 0. The van der Waals surface area contributed by atoms with E-state index in [0.717, 1.165) is 25.7 Å². The largest absolute Gasteiger partial charge is 1.00 e. The van der Waals surface area contributed by atoms with E-state index in [1.54, 1.807) is 0 Å². The van der Waals surface area contributed by atoms with Crippen molar-refractivity contribution < 1.29 is 64.3 Å². The van der Waals surface area contributed by atoms with Gasteiger partial charge in [-0.05, 0) is 31.1 Å². The Morgan fingerprint density at radius 2 is 1.47 bits per heavy atom. The Kier molecular flexibility index (Phi) is 4.18. The van der Waals surface area contributed by atoms with Gasteiger partial charge in [0.25, 0.3) is 0 Å². The van der Waals surface area contributed by atoms with Gasteiger partial charge in [0.2, 0.25) is 0 Å². The average Bonchev–Trinajstić information content (AvgIpc) is 2.72. The average molecular weight is 244 g/mol. The van der Waals surface area contributed by atoms with E-state index in [1.165, 1.54) is 0 Å². The van der Waals surface area contributed by atoms with Crippen LogP contribution < -0.4 is 51.4 Å². The normalized spacial score (nSPS) is 32.2. The van der Waals surface area contributed by atoms with Gasteiger partial charge in [-0.15, -0.1) is 0 Å². The quantitative estimate of drug-likeness (QED) is 0.608. The Hall–Kier alpha value is 1.49. The molecule has 0 aromatic heterocycles. The third-order valence-electron chi connectivity index (χ3n) is 4.31. The maximum Gasteiger partial charge on any atom is 1.00 e. The zero-order chi connectivity index (χ0) is 10.6. The summed E-state index contributed by atoms with van der Waals surface area (Å²) in [6.45, 7) is -0.242. The van der Waals surface area contributed by atoms with Crippen LogP contribution in [0.1, 0.15) is 46.0 Å². The first-order valence-corrected chi connectivity index (χ1v) is 5.45. The van der Waals surface area contributed by atoms with Crippen molar-refractivity contribution in [1.82, 2.24) is 0 Å². The molecule has 1 unspecified atom stereocenters. The molecule has 0 N–H and O–H groups in total. The minimum absolute atomic E-state index is 0. The van der Waals surface area contributed by atoms with E-state index in [-0.39, 0.29) is 62.2 Å². The topological polar surface area (TPSA) is 0 Å². The second-order valence-electron chi connectivity index (χ2n) is 5.96. The molecule has 0 saturated heterocycles. The summed E-state index contributed by atoms with van der Waals surface area (Å²) in [4.78, 5) is 0. The summed E-state index contributed by atoms with van der Waals surface area (Å²) in [5.74, 6) is -0.918. The molecule has 82 valence electrons. The van der Waals surface area contributed by atoms with E-state index in [4.69, 9.17) is 0 Å². The van der Waals surface area contributed by atoms with Gasteiger partial charge in [0, 0.05) is 0 Å². The fourth-order valence-corrected chi connectivity index (χ4v) is 2.91. The molecular formula is C10H17BF3K. The van der Waals surface area contributed by atoms with Gasteiger partial charge in [0.1, 0.15) is 0 Å². The van der Waals surface area contributed by atoms with Crippen molar-refractivity contribution >= 4 is 6.98 Å². The van der Waals surface area contributed by atoms with Crippen LogP contribution in [0.5, 0.6) is 0 Å². The molecule has 2 saturated carbocycles. The van der Waals surface area contributed by atoms with E-state index in [9.17, 15) is 12.9 Å². The van der Waals surface area contributed by atoms with Gasteiger partial charge in [-0.25, -0.2) is 0 Å². The first kappa shape index (κ1) is 14.6. The molecule has 1 atom stereocenters. The molecule has 2 rings (SSSR count). The van der Waals surface area contributed by atoms with E-state index < -0.39 is 12.8 Å². The standard InChI is InChI=1S/C10H17BF3.K/c1-9(2)3-5-10(6-4-9)7-8(10)11(12,13)14;/h8H,3-7H2,1-2H3;/q-1;+1. The molecule has 15 heavy (non-hydrogen) atoms. The Morgan fingerprint density at radius 3 is 1.80 bits per heavy atom. The van der Waals surface area contributed by atoms with Crippen LogP contribution in [0, 0.1) is 10.8 Å². The van der Waals surface area contributed by atoms with Crippen molar-refractivity contribution in [3.8, 4) is 0 Å². The van der Waals surface area contributed by atoms with Gasteiger partial charge in [-0.1, -0.05) is 31.5 Å². The fraction of sp³-hybridized carbons (Fsp3) is 1.00. The molecule has 0 heterocycles. The van der Waals surface area contributed by atoms with Crippen molar-refractivity contribution in [1.29, 1.82) is 0 Å². The summed E-state index contributed by atoms with van der Waals surface area (Å²) >= 11 is 0. The molecule has 2 aliphatic rings. The minimum Gasteiger partial charge on any atom is -0.449 e. The molecule has 2 aliphatic carbocycles. The molecule has 2 fully saturated rings. The third-order valence-corrected chi connectivity index (χ3v) is 4.31. The van der Waals surface area contributed by atoms with Crippen molar-refractivity contribution in [3.63, 3.8) is 0 Å². The van der Waals surface area contributed by atoms with E-state index in [2.05, 4.69) is 13.8 Å². The van der Waals surface area contributed by atoms with Gasteiger partial charge in [-0.2, -0.15) is 0 Å². The first-order chi connectivity index (χ1) is 6.25. The monoisotopic (exact) mass is 244 g/mol. The smallest absolute Gasteiger partial charge is 0.449 e. The number of hydrogen-bond acceptors (Lipinski definition) is 0. The zero-order valence-electron chi connectivity index (χ0n) is 9.82. The summed E-state index contributed by atoms with van der Waals surface area (Å²) in [6.07, 6.45) is 3.95. The molecular weight excluding hydrogens is 227 g/mol. The van der Waals surface area contributed by atoms with E-state index >= 15 is 0 Å². The van der Waals surface area contributed by atoms with Gasteiger partial charge >= 0.3 is 58.4 Å². The van der Waals surface area contributed by atoms with Crippen LogP contribution in [-0.2, 0) is 0 Å². The van der Waals surface area contributed by atoms with Crippen molar-refractivity contribution in [3.05, 3.63) is 0 Å². The Balaban J connectivity index is 0.00000112. The van der Waals surface area contributed by atoms with Crippen molar-refractivity contribution in [2.75, 3.05) is 0 Å². The van der Waals surface area contributed by atoms with Gasteiger partial charge in [-0.3, -0.25) is 0 Å². The SMILES string of the molecule is CC1(C)CCC2(CC1)CC2[B-](F)(F)F.[K+]. The molecule has 0 aliphatic heterocycles. The van der Waals surface area contributed by atoms with E-state index in [1.807, 2.05) is 0 Å². The molecule has 0 amide bonds. The van der Waals surface area contributed by atoms with Gasteiger partial charge in [0.05, 0.1) is 0 Å². The Bertz CT molecular complexity index is 240. The predicted molar refractivity (Wildman–Crippen MR) is 52.1 cm³/mol. The molecule has 0 radical (unpaired) electrons. The zero-order valence-corrected chi connectivity index (χ0v) is 12.9. The summed E-state index contributed by atoms with van der Waals surface area (Å²) < 4.78 is 37.6. The number of hydrogen-bond donors (Lipinski definition) is 0. The fourth-order valence-electron chi connectivity index (χ4n) is 2.91. The molecule has 1 spiro atoms. The third kappa shape index (κ3) is 3.03. The first-order valence-electron chi connectivity index (χ1n) is 5.45. The summed E-state index contributed by atoms with van der Waals surface area (Å²) in [7, 11) is 0. The molecule has 0 aromatic rings. The van der Waals surface area contributed by atoms with Gasteiger partial charge < -0.3 is 12.9 Å². The second-order valence-corrected chi connectivity index (χ2v) is 5.96. The van der Waals surface area contributed by atoms with Crippen LogP contribution >= 0.6 is 0 Å². The Morgan fingerprint density at radius 1 is 1.00 bits per heavy atom. The van der Waals surface area contributed by atoms with Crippen LogP contribution in [0.4, 0.5) is 12.9 Å². The molecule has 0 nitrogen and oxygen atoms in total. The molecule has 0 aromatic carbocycles. The Labute approximate surface area is 132 Å². The van der Waals surface area contributed by atoms with Crippen LogP contribution in [0.15, 0.2) is 0 Å². The molecule has 0 bridgehead atoms. The van der Waals surface area contributed by atoms with Crippen molar-refractivity contribution in [2.45, 2.75) is 51.8 Å². The second kappa shape index (κ2) is 4.30. The van der Waals surface area contributed by atoms with Crippen LogP contribution in [0.2, 0.25) is 5.82 Å². The van der Waals surface area contributed by atoms with Crippen LogP contribution in [-0.4, -0.2) is 6.98 Å². The maximum absolute atomic E-state index is 12.5. The number of halogens is 3. The van der Waals surface area contributed by atoms with Crippen LogP contribution in [0.25, 0.3) is 0 Å². The van der Waals surface area contributed by atoms with Crippen molar-refractivity contribution in [2.24, 2.45) is 10.8 Å². The maximum atomic E-state index is 12.5.